The van der Waals surface area contributed by atoms with Crippen LogP contribution in [-0.2, 0) is 16.5 Å². The van der Waals surface area contributed by atoms with Gasteiger partial charge in [-0.1, -0.05) is 30.3 Å². The maximum absolute atomic E-state index is 12.9. The molecule has 1 saturated heterocycles. The fourth-order valence-corrected chi connectivity index (χ4v) is 3.27. The maximum atomic E-state index is 12.9. The van der Waals surface area contributed by atoms with Crippen molar-refractivity contribution in [2.75, 3.05) is 40.0 Å². The first-order valence-corrected chi connectivity index (χ1v) is 9.14. The maximum Gasteiger partial charge on any atom is 0.272 e. The van der Waals surface area contributed by atoms with Crippen LogP contribution in [0.3, 0.4) is 0 Å². The molecule has 1 fully saturated rings. The third-order valence-corrected chi connectivity index (χ3v) is 4.86. The SMILES string of the molecule is COCCOCC1CCN(C(=O)c2cc(-c3ccccc3)nn2C)CC1. The molecule has 1 aromatic heterocycles. The molecule has 1 aliphatic rings. The second kappa shape index (κ2) is 8.96. The summed E-state index contributed by atoms with van der Waals surface area (Å²) in [6.45, 7) is 3.54. The van der Waals surface area contributed by atoms with Gasteiger partial charge in [-0.25, -0.2) is 0 Å². The third-order valence-electron chi connectivity index (χ3n) is 4.86. The lowest BCUT2D eigenvalue weighted by Crippen LogP contribution is -2.40. The number of aryl methyl sites for hydroxylation is 1. The smallest absolute Gasteiger partial charge is 0.272 e. The van der Waals surface area contributed by atoms with E-state index < -0.39 is 0 Å². The molecule has 2 heterocycles. The average molecular weight is 357 g/mol. The molecule has 0 radical (unpaired) electrons. The first kappa shape index (κ1) is 18.6. The molecule has 0 aliphatic carbocycles. The summed E-state index contributed by atoms with van der Waals surface area (Å²) in [6.07, 6.45) is 1.95. The molecule has 140 valence electrons. The van der Waals surface area contributed by atoms with Crippen molar-refractivity contribution in [1.29, 1.82) is 0 Å². The summed E-state index contributed by atoms with van der Waals surface area (Å²) >= 11 is 0. The minimum absolute atomic E-state index is 0.0564. The monoisotopic (exact) mass is 357 g/mol. The van der Waals surface area contributed by atoms with Gasteiger partial charge in [0.15, 0.2) is 0 Å². The Bertz CT molecular complexity index is 706. The zero-order valence-electron chi connectivity index (χ0n) is 15.6. The molecule has 0 atom stereocenters. The van der Waals surface area contributed by atoms with Crippen LogP contribution in [0.5, 0.6) is 0 Å². The molecule has 0 spiro atoms. The first-order valence-electron chi connectivity index (χ1n) is 9.14. The van der Waals surface area contributed by atoms with Gasteiger partial charge >= 0.3 is 0 Å². The Balaban J connectivity index is 1.56. The highest BCUT2D eigenvalue weighted by Crippen LogP contribution is 2.22. The standard InChI is InChI=1S/C20H27N3O3/c1-22-19(14-18(21-22)17-6-4-3-5-7-17)20(24)23-10-8-16(9-11-23)15-26-13-12-25-2/h3-7,14,16H,8-13,15H2,1-2H3. The van der Waals surface area contributed by atoms with Gasteiger partial charge in [0, 0.05) is 39.4 Å². The van der Waals surface area contributed by atoms with E-state index in [1.54, 1.807) is 11.8 Å². The Labute approximate surface area is 154 Å². The van der Waals surface area contributed by atoms with Crippen molar-refractivity contribution in [2.45, 2.75) is 12.8 Å². The van der Waals surface area contributed by atoms with Gasteiger partial charge in [-0.05, 0) is 24.8 Å². The Morgan fingerprint density at radius 3 is 2.62 bits per heavy atom. The Hall–Kier alpha value is -2.18. The highest BCUT2D eigenvalue weighted by molar-refractivity contribution is 5.93. The van der Waals surface area contributed by atoms with Gasteiger partial charge in [0.25, 0.3) is 5.91 Å². The van der Waals surface area contributed by atoms with Crippen molar-refractivity contribution in [3.05, 3.63) is 42.1 Å². The molecular weight excluding hydrogens is 330 g/mol. The lowest BCUT2D eigenvalue weighted by Gasteiger charge is -2.31. The molecule has 6 heteroatoms. The summed E-state index contributed by atoms with van der Waals surface area (Å²) in [5, 5.41) is 4.51. The number of carbonyl (C=O) groups is 1. The summed E-state index contributed by atoms with van der Waals surface area (Å²) in [7, 11) is 3.51. The first-order chi connectivity index (χ1) is 12.7. The minimum atomic E-state index is 0.0564. The Kier molecular flexibility index (Phi) is 6.41. The van der Waals surface area contributed by atoms with Crippen LogP contribution < -0.4 is 0 Å². The van der Waals surface area contributed by atoms with Gasteiger partial charge in [-0.15, -0.1) is 0 Å². The van der Waals surface area contributed by atoms with Crippen molar-refractivity contribution in [1.82, 2.24) is 14.7 Å². The second-order valence-corrected chi connectivity index (χ2v) is 6.71. The fourth-order valence-electron chi connectivity index (χ4n) is 3.27. The van der Waals surface area contributed by atoms with Crippen LogP contribution in [0.15, 0.2) is 36.4 Å². The Morgan fingerprint density at radius 1 is 1.19 bits per heavy atom. The number of hydrogen-bond donors (Lipinski definition) is 0. The number of carbonyl (C=O) groups excluding carboxylic acids is 1. The van der Waals surface area contributed by atoms with Gasteiger partial charge in [-0.3, -0.25) is 9.48 Å². The summed E-state index contributed by atoms with van der Waals surface area (Å²) in [5.41, 5.74) is 2.49. The summed E-state index contributed by atoms with van der Waals surface area (Å²) in [6, 6.07) is 11.8. The van der Waals surface area contributed by atoms with E-state index in [1.807, 2.05) is 48.3 Å². The van der Waals surface area contributed by atoms with Crippen LogP contribution in [0.1, 0.15) is 23.3 Å². The van der Waals surface area contributed by atoms with Crippen molar-refractivity contribution in [3.63, 3.8) is 0 Å². The third kappa shape index (κ3) is 4.51. The van der Waals surface area contributed by atoms with Crippen LogP contribution >= 0.6 is 0 Å². The molecule has 2 aromatic rings. The van der Waals surface area contributed by atoms with E-state index in [1.165, 1.54) is 0 Å². The molecule has 0 saturated carbocycles. The van der Waals surface area contributed by atoms with Gasteiger partial charge in [0.1, 0.15) is 5.69 Å². The van der Waals surface area contributed by atoms with E-state index >= 15 is 0 Å². The molecule has 26 heavy (non-hydrogen) atoms. The highest BCUT2D eigenvalue weighted by atomic mass is 16.5. The number of amides is 1. The fraction of sp³-hybridized carbons (Fsp3) is 0.500. The van der Waals surface area contributed by atoms with E-state index in [9.17, 15) is 4.79 Å². The molecule has 0 unspecified atom stereocenters. The highest BCUT2D eigenvalue weighted by Gasteiger charge is 2.26. The van der Waals surface area contributed by atoms with E-state index in [0.29, 0.717) is 24.8 Å². The number of ether oxygens (including phenoxy) is 2. The van der Waals surface area contributed by atoms with Crippen molar-refractivity contribution < 1.29 is 14.3 Å². The number of piperidine rings is 1. The summed E-state index contributed by atoms with van der Waals surface area (Å²) in [5.74, 6) is 0.572. The quantitative estimate of drug-likeness (QED) is 0.715. The number of nitrogens with zero attached hydrogens (tertiary/aromatic N) is 3. The lowest BCUT2D eigenvalue weighted by molar-refractivity contribution is 0.0325. The number of likely N-dealkylation sites (tertiary alicyclic amines) is 1. The van der Waals surface area contributed by atoms with Gasteiger partial charge in [-0.2, -0.15) is 5.10 Å². The van der Waals surface area contributed by atoms with E-state index in [4.69, 9.17) is 9.47 Å². The predicted octanol–water partition coefficient (Wildman–Crippen LogP) is 2.60. The molecule has 1 aromatic carbocycles. The van der Waals surface area contributed by atoms with Crippen molar-refractivity contribution in [3.8, 4) is 11.3 Å². The van der Waals surface area contributed by atoms with E-state index in [2.05, 4.69) is 5.10 Å². The van der Waals surface area contributed by atoms with Crippen LogP contribution in [0.4, 0.5) is 0 Å². The Morgan fingerprint density at radius 2 is 1.92 bits per heavy atom. The number of hydrogen-bond acceptors (Lipinski definition) is 4. The van der Waals surface area contributed by atoms with Gasteiger partial charge in [0.05, 0.1) is 18.9 Å². The second-order valence-electron chi connectivity index (χ2n) is 6.71. The number of aromatic nitrogens is 2. The average Bonchev–Trinajstić information content (AvgIpc) is 3.07. The lowest BCUT2D eigenvalue weighted by atomic mass is 9.97. The molecule has 6 nitrogen and oxygen atoms in total. The number of methoxy groups -OCH3 is 1. The van der Waals surface area contributed by atoms with E-state index in [0.717, 1.165) is 43.8 Å². The molecule has 1 aliphatic heterocycles. The van der Waals surface area contributed by atoms with Gasteiger partial charge < -0.3 is 14.4 Å². The summed E-state index contributed by atoms with van der Waals surface area (Å²) < 4.78 is 12.3. The molecule has 0 bridgehead atoms. The van der Waals surface area contributed by atoms with Crippen LogP contribution in [-0.4, -0.2) is 60.6 Å². The van der Waals surface area contributed by atoms with Crippen molar-refractivity contribution in [2.24, 2.45) is 13.0 Å². The normalized spacial score (nSPS) is 15.4. The summed E-state index contributed by atoms with van der Waals surface area (Å²) in [4.78, 5) is 14.8. The predicted molar refractivity (Wildman–Crippen MR) is 100.0 cm³/mol. The topological polar surface area (TPSA) is 56.6 Å². The molecule has 1 amide bonds. The van der Waals surface area contributed by atoms with Crippen LogP contribution in [0.2, 0.25) is 0 Å². The van der Waals surface area contributed by atoms with E-state index in [-0.39, 0.29) is 5.91 Å². The zero-order valence-corrected chi connectivity index (χ0v) is 15.6. The van der Waals surface area contributed by atoms with Gasteiger partial charge in [0.2, 0.25) is 0 Å². The number of benzene rings is 1. The molecule has 0 N–H and O–H groups in total. The van der Waals surface area contributed by atoms with Crippen LogP contribution in [0.25, 0.3) is 11.3 Å². The van der Waals surface area contributed by atoms with Crippen molar-refractivity contribution >= 4 is 5.91 Å². The largest absolute Gasteiger partial charge is 0.382 e. The van der Waals surface area contributed by atoms with Crippen LogP contribution in [0, 0.1) is 5.92 Å². The number of rotatable bonds is 7. The molecular formula is C20H27N3O3. The minimum Gasteiger partial charge on any atom is -0.382 e. The molecule has 3 rings (SSSR count). The zero-order chi connectivity index (χ0) is 18.4.